The molecule has 0 radical (unpaired) electrons. The van der Waals surface area contributed by atoms with Gasteiger partial charge >= 0.3 is 0 Å². The van der Waals surface area contributed by atoms with Gasteiger partial charge in [-0.3, -0.25) is 4.98 Å². The van der Waals surface area contributed by atoms with Crippen LogP contribution in [0.1, 0.15) is 18.2 Å². The SMILES string of the molecule is CCc1cc(N2CCOCC2)cc2ccc(C)nc12. The fourth-order valence-electron chi connectivity index (χ4n) is 2.66. The molecule has 2 aromatic rings. The number of aryl methyl sites for hydroxylation is 2. The number of fused-ring (bicyclic) bond motifs is 1. The number of nitrogens with zero attached hydrogens (tertiary/aromatic N) is 2. The van der Waals surface area contributed by atoms with Crippen molar-refractivity contribution in [1.82, 2.24) is 4.98 Å². The van der Waals surface area contributed by atoms with Gasteiger partial charge in [0.15, 0.2) is 0 Å². The Morgan fingerprint density at radius 2 is 2.00 bits per heavy atom. The summed E-state index contributed by atoms with van der Waals surface area (Å²) in [6.45, 7) is 7.86. The topological polar surface area (TPSA) is 25.4 Å². The van der Waals surface area contributed by atoms with Gasteiger partial charge in [0.05, 0.1) is 18.7 Å². The lowest BCUT2D eigenvalue weighted by molar-refractivity contribution is 0.122. The number of morpholine rings is 1. The van der Waals surface area contributed by atoms with Crippen molar-refractivity contribution in [2.45, 2.75) is 20.3 Å². The molecule has 1 aromatic carbocycles. The molecule has 3 nitrogen and oxygen atoms in total. The standard InChI is InChI=1S/C16H20N2O/c1-3-13-10-15(18-6-8-19-9-7-18)11-14-5-4-12(2)17-16(13)14/h4-5,10-11H,3,6-9H2,1-2H3. The Hall–Kier alpha value is -1.61. The van der Waals surface area contributed by atoms with Crippen LogP contribution in [0.4, 0.5) is 5.69 Å². The van der Waals surface area contributed by atoms with Crippen LogP contribution in [0.3, 0.4) is 0 Å². The van der Waals surface area contributed by atoms with Crippen LogP contribution in [0.25, 0.3) is 10.9 Å². The van der Waals surface area contributed by atoms with Crippen molar-refractivity contribution in [2.75, 3.05) is 31.2 Å². The van der Waals surface area contributed by atoms with Crippen LogP contribution in [0, 0.1) is 6.92 Å². The molecule has 2 heterocycles. The van der Waals surface area contributed by atoms with Crippen LogP contribution >= 0.6 is 0 Å². The molecule has 1 fully saturated rings. The van der Waals surface area contributed by atoms with Crippen molar-refractivity contribution in [2.24, 2.45) is 0 Å². The maximum absolute atomic E-state index is 5.43. The molecule has 0 N–H and O–H groups in total. The molecule has 3 rings (SSSR count). The summed E-state index contributed by atoms with van der Waals surface area (Å²) in [7, 11) is 0. The number of hydrogen-bond donors (Lipinski definition) is 0. The molecule has 1 aromatic heterocycles. The summed E-state index contributed by atoms with van der Waals surface area (Å²) in [5.74, 6) is 0. The number of benzene rings is 1. The molecule has 0 bridgehead atoms. The van der Waals surface area contributed by atoms with Crippen LogP contribution in [-0.4, -0.2) is 31.3 Å². The number of pyridine rings is 1. The van der Waals surface area contributed by atoms with Crippen LogP contribution in [0.15, 0.2) is 24.3 Å². The van der Waals surface area contributed by atoms with Gasteiger partial charge in [0.2, 0.25) is 0 Å². The predicted molar refractivity (Wildman–Crippen MR) is 78.9 cm³/mol. The van der Waals surface area contributed by atoms with E-state index >= 15 is 0 Å². The second-order valence-electron chi connectivity index (χ2n) is 5.08. The summed E-state index contributed by atoms with van der Waals surface area (Å²) in [5, 5.41) is 1.24. The summed E-state index contributed by atoms with van der Waals surface area (Å²) < 4.78 is 5.43. The van der Waals surface area contributed by atoms with Gasteiger partial charge in [-0.05, 0) is 37.1 Å². The second-order valence-corrected chi connectivity index (χ2v) is 5.08. The maximum Gasteiger partial charge on any atom is 0.0738 e. The average molecular weight is 256 g/mol. The third-order valence-electron chi connectivity index (χ3n) is 3.75. The van der Waals surface area contributed by atoms with Gasteiger partial charge in [0.1, 0.15) is 0 Å². The first-order chi connectivity index (χ1) is 9.28. The molecule has 100 valence electrons. The lowest BCUT2D eigenvalue weighted by atomic mass is 10.0. The Morgan fingerprint density at radius 3 is 2.74 bits per heavy atom. The zero-order valence-corrected chi connectivity index (χ0v) is 11.6. The van der Waals surface area contributed by atoms with Gasteiger partial charge in [-0.25, -0.2) is 0 Å². The zero-order chi connectivity index (χ0) is 13.2. The fraction of sp³-hybridized carbons (Fsp3) is 0.438. The third-order valence-corrected chi connectivity index (χ3v) is 3.75. The molecule has 0 saturated carbocycles. The molecule has 0 spiro atoms. The van der Waals surface area contributed by atoms with Crippen LogP contribution < -0.4 is 4.90 Å². The quantitative estimate of drug-likeness (QED) is 0.826. The van der Waals surface area contributed by atoms with E-state index < -0.39 is 0 Å². The molecule has 0 amide bonds. The van der Waals surface area contributed by atoms with E-state index in [1.54, 1.807) is 0 Å². The predicted octanol–water partition coefficient (Wildman–Crippen LogP) is 2.94. The summed E-state index contributed by atoms with van der Waals surface area (Å²) >= 11 is 0. The van der Waals surface area contributed by atoms with E-state index in [4.69, 9.17) is 4.74 Å². The van der Waals surface area contributed by atoms with E-state index in [1.165, 1.54) is 16.6 Å². The van der Waals surface area contributed by atoms with Gasteiger partial charge in [0.25, 0.3) is 0 Å². The van der Waals surface area contributed by atoms with E-state index in [-0.39, 0.29) is 0 Å². The number of rotatable bonds is 2. The van der Waals surface area contributed by atoms with Crippen LogP contribution in [0.5, 0.6) is 0 Å². The van der Waals surface area contributed by atoms with E-state index in [1.807, 2.05) is 0 Å². The molecule has 1 aliphatic heterocycles. The van der Waals surface area contributed by atoms with Gasteiger partial charge < -0.3 is 9.64 Å². The minimum absolute atomic E-state index is 0.825. The summed E-state index contributed by atoms with van der Waals surface area (Å²) in [6, 6.07) is 8.82. The molecule has 1 saturated heterocycles. The van der Waals surface area contributed by atoms with Crippen molar-refractivity contribution in [3.8, 4) is 0 Å². The molecular formula is C16H20N2O. The van der Waals surface area contributed by atoms with Crippen molar-refractivity contribution in [3.05, 3.63) is 35.5 Å². The first-order valence-electron chi connectivity index (χ1n) is 7.01. The van der Waals surface area contributed by atoms with Crippen molar-refractivity contribution in [3.63, 3.8) is 0 Å². The van der Waals surface area contributed by atoms with Gasteiger partial charge in [0, 0.05) is 29.9 Å². The first kappa shape index (κ1) is 12.4. The van der Waals surface area contributed by atoms with Crippen molar-refractivity contribution < 1.29 is 4.74 Å². The fourth-order valence-corrected chi connectivity index (χ4v) is 2.66. The van der Waals surface area contributed by atoms with Gasteiger partial charge in [-0.15, -0.1) is 0 Å². The lowest BCUT2D eigenvalue weighted by Gasteiger charge is -2.29. The molecule has 19 heavy (non-hydrogen) atoms. The average Bonchev–Trinajstić information content (AvgIpc) is 2.47. The Balaban J connectivity index is 2.08. The highest BCUT2D eigenvalue weighted by Gasteiger charge is 2.13. The van der Waals surface area contributed by atoms with Crippen LogP contribution in [0.2, 0.25) is 0 Å². The van der Waals surface area contributed by atoms with E-state index in [0.29, 0.717) is 0 Å². The Morgan fingerprint density at radius 1 is 1.21 bits per heavy atom. The largest absolute Gasteiger partial charge is 0.378 e. The Bertz CT molecular complexity index is 589. The molecule has 3 heteroatoms. The van der Waals surface area contributed by atoms with Gasteiger partial charge in [-0.1, -0.05) is 13.0 Å². The monoisotopic (exact) mass is 256 g/mol. The van der Waals surface area contributed by atoms with E-state index in [0.717, 1.165) is 43.9 Å². The van der Waals surface area contributed by atoms with Crippen LogP contribution in [-0.2, 0) is 11.2 Å². The normalized spacial score (nSPS) is 16.0. The smallest absolute Gasteiger partial charge is 0.0738 e. The summed E-state index contributed by atoms with van der Waals surface area (Å²) in [6.07, 6.45) is 1.02. The molecule has 1 aliphatic rings. The minimum Gasteiger partial charge on any atom is -0.378 e. The molecule has 0 unspecified atom stereocenters. The maximum atomic E-state index is 5.43. The second kappa shape index (κ2) is 5.17. The highest BCUT2D eigenvalue weighted by molar-refractivity contribution is 5.86. The molecular weight excluding hydrogens is 236 g/mol. The van der Waals surface area contributed by atoms with E-state index in [9.17, 15) is 0 Å². The number of ether oxygens (including phenoxy) is 1. The lowest BCUT2D eigenvalue weighted by Crippen LogP contribution is -2.36. The number of aromatic nitrogens is 1. The number of hydrogen-bond acceptors (Lipinski definition) is 3. The Kier molecular flexibility index (Phi) is 3.38. The minimum atomic E-state index is 0.825. The van der Waals surface area contributed by atoms with Gasteiger partial charge in [-0.2, -0.15) is 0 Å². The van der Waals surface area contributed by atoms with Crippen molar-refractivity contribution in [1.29, 1.82) is 0 Å². The Labute approximate surface area is 114 Å². The van der Waals surface area contributed by atoms with E-state index in [2.05, 4.69) is 48.0 Å². The highest BCUT2D eigenvalue weighted by Crippen LogP contribution is 2.26. The third kappa shape index (κ3) is 2.43. The molecule has 0 atom stereocenters. The summed E-state index contributed by atoms with van der Waals surface area (Å²) in [5.41, 5.74) is 4.88. The highest BCUT2D eigenvalue weighted by atomic mass is 16.5. The summed E-state index contributed by atoms with van der Waals surface area (Å²) in [4.78, 5) is 7.09. The first-order valence-corrected chi connectivity index (χ1v) is 7.01. The van der Waals surface area contributed by atoms with Crippen molar-refractivity contribution >= 4 is 16.6 Å². The molecule has 0 aliphatic carbocycles. The zero-order valence-electron chi connectivity index (χ0n) is 11.6. The number of anilines is 1.